The van der Waals surface area contributed by atoms with E-state index in [2.05, 4.69) is 10.1 Å². The molecule has 5 nitrogen and oxygen atoms in total. The van der Waals surface area contributed by atoms with Crippen LogP contribution in [0.2, 0.25) is 0 Å². The number of nitrogens with two attached hydrogens (primary N) is 1. The van der Waals surface area contributed by atoms with E-state index < -0.39 is 18.4 Å². The van der Waals surface area contributed by atoms with Gasteiger partial charge in [0.15, 0.2) is 0 Å². The number of alkyl halides is 2. The van der Waals surface area contributed by atoms with Crippen molar-refractivity contribution in [3.05, 3.63) is 24.2 Å². The third-order valence-corrected chi connectivity index (χ3v) is 2.44. The van der Waals surface area contributed by atoms with Crippen LogP contribution in [0.15, 0.2) is 18.5 Å². The predicted octanol–water partition coefficient (Wildman–Crippen LogP) is 1.49. The van der Waals surface area contributed by atoms with Gasteiger partial charge in [-0.1, -0.05) is 6.92 Å². The summed E-state index contributed by atoms with van der Waals surface area (Å²) in [7, 11) is 0. The van der Waals surface area contributed by atoms with Gasteiger partial charge >= 0.3 is 6.05 Å². The van der Waals surface area contributed by atoms with Crippen LogP contribution in [0.5, 0.6) is 0 Å². The van der Waals surface area contributed by atoms with Gasteiger partial charge in [-0.15, -0.1) is 0 Å². The van der Waals surface area contributed by atoms with E-state index in [1.807, 2.05) is 0 Å². The highest BCUT2D eigenvalue weighted by atomic mass is 19.3. The monoisotopic (exact) mass is 240 g/mol. The fraction of sp³-hybridized carbons (Fsp3) is 0.300. The molecule has 2 aromatic rings. The number of pyridine rings is 1. The summed E-state index contributed by atoms with van der Waals surface area (Å²) < 4.78 is 27.7. The van der Waals surface area contributed by atoms with Gasteiger partial charge in [0.2, 0.25) is 0 Å². The van der Waals surface area contributed by atoms with Crippen LogP contribution in [0.4, 0.5) is 8.78 Å². The van der Waals surface area contributed by atoms with Crippen LogP contribution in [0, 0.1) is 0 Å². The van der Waals surface area contributed by atoms with Gasteiger partial charge in [-0.05, 0) is 6.07 Å². The molecule has 0 fully saturated rings. The van der Waals surface area contributed by atoms with Crippen molar-refractivity contribution in [3.8, 4) is 0 Å². The van der Waals surface area contributed by atoms with Gasteiger partial charge in [0.1, 0.15) is 5.69 Å². The highest BCUT2D eigenvalue weighted by Crippen LogP contribution is 2.28. The maximum absolute atomic E-state index is 13.5. The molecule has 0 bridgehead atoms. The normalized spacial score (nSPS) is 11.9. The van der Waals surface area contributed by atoms with Gasteiger partial charge in [0.25, 0.3) is 5.91 Å². The summed E-state index contributed by atoms with van der Waals surface area (Å²) in [6.07, 6.45) is 2.18. The van der Waals surface area contributed by atoms with E-state index in [1.165, 1.54) is 25.4 Å². The third-order valence-electron chi connectivity index (χ3n) is 2.44. The zero-order chi connectivity index (χ0) is 12.6. The Labute approximate surface area is 95.2 Å². The molecule has 90 valence electrons. The van der Waals surface area contributed by atoms with Gasteiger partial charge < -0.3 is 5.73 Å². The Bertz CT molecular complexity index is 579. The number of amides is 1. The Morgan fingerprint density at radius 3 is 2.82 bits per heavy atom. The first-order valence-corrected chi connectivity index (χ1v) is 4.97. The number of hydrogen-bond donors (Lipinski definition) is 1. The number of aromatic nitrogens is 3. The Morgan fingerprint density at radius 1 is 1.53 bits per heavy atom. The lowest BCUT2D eigenvalue weighted by molar-refractivity contribution is -0.0910. The zero-order valence-electron chi connectivity index (χ0n) is 9.02. The third kappa shape index (κ3) is 1.83. The minimum absolute atomic E-state index is 0.0637. The smallest absolute Gasteiger partial charge is 0.343 e. The largest absolute Gasteiger partial charge is 0.364 e. The number of halogens is 2. The predicted molar refractivity (Wildman–Crippen MR) is 56.5 cm³/mol. The van der Waals surface area contributed by atoms with Crippen molar-refractivity contribution in [1.82, 2.24) is 14.8 Å². The minimum Gasteiger partial charge on any atom is -0.364 e. The molecule has 7 heteroatoms. The van der Waals surface area contributed by atoms with Crippen LogP contribution in [-0.2, 0) is 6.05 Å². The van der Waals surface area contributed by atoms with Crippen molar-refractivity contribution in [2.24, 2.45) is 5.73 Å². The number of carbonyl (C=O) groups is 1. The molecule has 0 unspecified atom stereocenters. The molecular formula is C10H10F2N4O. The second kappa shape index (κ2) is 3.76. The van der Waals surface area contributed by atoms with E-state index in [1.54, 1.807) is 0 Å². The van der Waals surface area contributed by atoms with E-state index >= 15 is 0 Å². The Morgan fingerprint density at radius 2 is 2.24 bits per heavy atom. The van der Waals surface area contributed by atoms with E-state index in [0.717, 1.165) is 0 Å². The average molecular weight is 240 g/mol. The number of rotatable bonds is 3. The first-order chi connectivity index (χ1) is 7.95. The second-order valence-corrected chi connectivity index (χ2v) is 3.57. The Kier molecular flexibility index (Phi) is 2.53. The topological polar surface area (TPSA) is 73.8 Å². The van der Waals surface area contributed by atoms with Crippen molar-refractivity contribution in [3.63, 3.8) is 0 Å². The molecule has 2 rings (SSSR count). The number of nitrogens with zero attached hydrogens (tertiary/aromatic N) is 3. The van der Waals surface area contributed by atoms with E-state index in [-0.39, 0.29) is 11.2 Å². The van der Waals surface area contributed by atoms with Crippen molar-refractivity contribution in [1.29, 1.82) is 0 Å². The quantitative estimate of drug-likeness (QED) is 0.883. The van der Waals surface area contributed by atoms with Crippen LogP contribution in [0.25, 0.3) is 10.9 Å². The molecule has 0 radical (unpaired) electrons. The molecule has 2 N–H and O–H groups in total. The van der Waals surface area contributed by atoms with Crippen molar-refractivity contribution in [2.45, 2.75) is 19.4 Å². The van der Waals surface area contributed by atoms with Crippen LogP contribution in [0.1, 0.15) is 23.8 Å². The van der Waals surface area contributed by atoms with E-state index in [0.29, 0.717) is 10.1 Å². The SMILES string of the molecule is CCC(F)(F)n1ncc2cnc(C(N)=O)cc21. The lowest BCUT2D eigenvalue weighted by atomic mass is 10.2. The summed E-state index contributed by atoms with van der Waals surface area (Å²) in [5.41, 5.74) is 5.12. The van der Waals surface area contributed by atoms with Gasteiger partial charge in [-0.3, -0.25) is 9.78 Å². The van der Waals surface area contributed by atoms with Gasteiger partial charge in [-0.25, -0.2) is 4.68 Å². The fourth-order valence-corrected chi connectivity index (χ4v) is 1.47. The van der Waals surface area contributed by atoms with E-state index in [9.17, 15) is 13.6 Å². The molecule has 0 atom stereocenters. The fourth-order valence-electron chi connectivity index (χ4n) is 1.47. The average Bonchev–Trinajstić information content (AvgIpc) is 2.72. The van der Waals surface area contributed by atoms with Gasteiger partial charge in [-0.2, -0.15) is 13.9 Å². The highest BCUT2D eigenvalue weighted by Gasteiger charge is 2.31. The number of hydrogen-bond acceptors (Lipinski definition) is 3. The summed E-state index contributed by atoms with van der Waals surface area (Å²) in [6.45, 7) is 1.35. The molecule has 0 saturated heterocycles. The van der Waals surface area contributed by atoms with Gasteiger partial charge in [0.05, 0.1) is 11.7 Å². The molecule has 2 aromatic heterocycles. The standard InChI is InChI=1S/C10H10F2N4O/c1-2-10(11,12)16-8-3-7(9(13)17)14-4-6(8)5-15-16/h3-5H,2H2,1H3,(H2,13,17). The highest BCUT2D eigenvalue weighted by molar-refractivity contribution is 5.94. The molecular weight excluding hydrogens is 230 g/mol. The molecule has 0 spiro atoms. The summed E-state index contributed by atoms with van der Waals surface area (Å²) >= 11 is 0. The van der Waals surface area contributed by atoms with Crippen molar-refractivity contribution in [2.75, 3.05) is 0 Å². The molecule has 0 aliphatic heterocycles. The molecule has 0 aliphatic carbocycles. The summed E-state index contributed by atoms with van der Waals surface area (Å²) in [5, 5.41) is 4.05. The Balaban J connectivity index is 2.66. The first-order valence-electron chi connectivity index (χ1n) is 4.97. The van der Waals surface area contributed by atoms with Crippen LogP contribution < -0.4 is 5.73 Å². The molecule has 0 saturated carbocycles. The number of fused-ring (bicyclic) bond motifs is 1. The maximum Gasteiger partial charge on any atom is 0.343 e. The molecule has 1 amide bonds. The molecule has 0 aliphatic rings. The zero-order valence-corrected chi connectivity index (χ0v) is 9.02. The number of primary amides is 1. The van der Waals surface area contributed by atoms with Crippen molar-refractivity contribution < 1.29 is 13.6 Å². The van der Waals surface area contributed by atoms with Crippen molar-refractivity contribution >= 4 is 16.8 Å². The lowest BCUT2D eigenvalue weighted by Crippen LogP contribution is -2.23. The van der Waals surface area contributed by atoms with Gasteiger partial charge in [0, 0.05) is 18.0 Å². The summed E-state index contributed by atoms with van der Waals surface area (Å²) in [4.78, 5) is 14.7. The van der Waals surface area contributed by atoms with Crippen LogP contribution >= 0.6 is 0 Å². The summed E-state index contributed by atoms with van der Waals surface area (Å²) in [5.74, 6) is -0.764. The molecule has 0 aromatic carbocycles. The lowest BCUT2D eigenvalue weighted by Gasteiger charge is -2.15. The van der Waals surface area contributed by atoms with Crippen LogP contribution in [0.3, 0.4) is 0 Å². The molecule has 2 heterocycles. The van der Waals surface area contributed by atoms with E-state index in [4.69, 9.17) is 5.73 Å². The Hall–Kier alpha value is -2.05. The minimum atomic E-state index is -3.10. The molecule has 17 heavy (non-hydrogen) atoms. The summed E-state index contributed by atoms with van der Waals surface area (Å²) in [6, 6.07) is -1.88. The second-order valence-electron chi connectivity index (χ2n) is 3.57. The van der Waals surface area contributed by atoms with Crippen LogP contribution in [-0.4, -0.2) is 20.7 Å². The first kappa shape index (κ1) is 11.4. The number of carbonyl (C=O) groups excluding carboxylic acids is 1. The maximum atomic E-state index is 13.5.